The van der Waals surface area contributed by atoms with Crippen LogP contribution in [0.2, 0.25) is 0 Å². The molecular formula is C20H24F2N2O3. The molecule has 1 amide bonds. The molecule has 1 heterocycles. The van der Waals surface area contributed by atoms with E-state index in [9.17, 15) is 18.7 Å². The zero-order valence-electron chi connectivity index (χ0n) is 15.4. The number of aromatic nitrogens is 1. The van der Waals surface area contributed by atoms with Crippen LogP contribution in [0.3, 0.4) is 0 Å². The van der Waals surface area contributed by atoms with Crippen LogP contribution in [0.5, 0.6) is 5.75 Å². The van der Waals surface area contributed by atoms with Gasteiger partial charge in [0.25, 0.3) is 5.91 Å². The molecule has 0 radical (unpaired) electrons. The van der Waals surface area contributed by atoms with Gasteiger partial charge in [-0.3, -0.25) is 9.78 Å². The van der Waals surface area contributed by atoms with Gasteiger partial charge in [0.1, 0.15) is 5.75 Å². The first kappa shape index (κ1) is 19.5. The molecular weight excluding hydrogens is 354 g/mol. The maximum atomic E-state index is 12.5. The summed E-state index contributed by atoms with van der Waals surface area (Å²) in [5, 5.41) is 13.8. The Morgan fingerprint density at radius 2 is 1.96 bits per heavy atom. The maximum absolute atomic E-state index is 12.5. The Labute approximate surface area is 156 Å². The molecule has 2 N–H and O–H groups in total. The third-order valence-corrected chi connectivity index (χ3v) is 5.20. The molecule has 0 saturated heterocycles. The molecule has 5 nitrogen and oxygen atoms in total. The lowest BCUT2D eigenvalue weighted by Gasteiger charge is -2.36. The number of nitrogens with zero attached hydrogens (tertiary/aromatic N) is 1. The predicted octanol–water partition coefficient (Wildman–Crippen LogP) is 3.90. The Morgan fingerprint density at radius 3 is 2.59 bits per heavy atom. The van der Waals surface area contributed by atoms with Gasteiger partial charge < -0.3 is 15.2 Å². The van der Waals surface area contributed by atoms with E-state index in [-0.39, 0.29) is 23.6 Å². The highest BCUT2D eigenvalue weighted by Crippen LogP contribution is 2.32. The largest absolute Gasteiger partial charge is 0.435 e. The molecule has 1 aliphatic rings. The van der Waals surface area contributed by atoms with Crippen molar-refractivity contribution in [2.45, 2.75) is 57.8 Å². The van der Waals surface area contributed by atoms with Crippen LogP contribution < -0.4 is 10.1 Å². The predicted molar refractivity (Wildman–Crippen MR) is 97.9 cm³/mol. The van der Waals surface area contributed by atoms with Gasteiger partial charge in [0.2, 0.25) is 0 Å². The number of fused-ring (bicyclic) bond motifs is 1. The lowest BCUT2D eigenvalue weighted by atomic mass is 9.77. The standard InChI is InChI=1S/C20H24F2N2O3/c1-20(2,26)14-4-6-15(7-5-14)24-18(25)13-9-12-3-8-16(27-19(21)22)10-17(12)23-11-13/h3,8-11,14-15,19,26H,4-7H2,1-2H3,(H,24,25)/t14-,15-. The fraction of sp³-hybridized carbons (Fsp3) is 0.500. The molecule has 1 aromatic carbocycles. The summed E-state index contributed by atoms with van der Waals surface area (Å²) in [6, 6.07) is 6.21. The second-order valence-corrected chi connectivity index (χ2v) is 7.63. The Morgan fingerprint density at radius 1 is 1.26 bits per heavy atom. The summed E-state index contributed by atoms with van der Waals surface area (Å²) in [5.74, 6) is 0.0763. The summed E-state index contributed by atoms with van der Waals surface area (Å²) < 4.78 is 28.9. The number of pyridine rings is 1. The molecule has 2 aromatic rings. The van der Waals surface area contributed by atoms with Crippen LogP contribution in [0, 0.1) is 5.92 Å². The van der Waals surface area contributed by atoms with E-state index in [1.165, 1.54) is 18.3 Å². The van der Waals surface area contributed by atoms with Crippen LogP contribution in [-0.2, 0) is 0 Å². The highest BCUT2D eigenvalue weighted by atomic mass is 19.3. The summed E-state index contributed by atoms with van der Waals surface area (Å²) in [6.45, 7) is 0.767. The van der Waals surface area contributed by atoms with E-state index >= 15 is 0 Å². The molecule has 27 heavy (non-hydrogen) atoms. The monoisotopic (exact) mass is 378 g/mol. The first-order chi connectivity index (χ1) is 12.7. The number of hydrogen-bond acceptors (Lipinski definition) is 4. The van der Waals surface area contributed by atoms with Crippen LogP contribution in [0.4, 0.5) is 8.78 Å². The fourth-order valence-corrected chi connectivity index (χ4v) is 3.61. The minimum atomic E-state index is -2.89. The van der Waals surface area contributed by atoms with Gasteiger partial charge in [-0.1, -0.05) is 0 Å². The van der Waals surface area contributed by atoms with Crippen molar-refractivity contribution >= 4 is 16.8 Å². The van der Waals surface area contributed by atoms with Crippen molar-refractivity contribution in [1.82, 2.24) is 10.3 Å². The smallest absolute Gasteiger partial charge is 0.387 e. The first-order valence-electron chi connectivity index (χ1n) is 9.10. The van der Waals surface area contributed by atoms with Crippen molar-refractivity contribution in [1.29, 1.82) is 0 Å². The summed E-state index contributed by atoms with van der Waals surface area (Å²) in [7, 11) is 0. The maximum Gasteiger partial charge on any atom is 0.387 e. The molecule has 1 aromatic heterocycles. The summed E-state index contributed by atoms with van der Waals surface area (Å²) in [4.78, 5) is 16.7. The van der Waals surface area contributed by atoms with Gasteiger partial charge in [0.15, 0.2) is 0 Å². The number of benzene rings is 1. The van der Waals surface area contributed by atoms with Crippen LogP contribution in [0.15, 0.2) is 30.5 Å². The van der Waals surface area contributed by atoms with Crippen LogP contribution in [0.1, 0.15) is 49.9 Å². The molecule has 0 spiro atoms. The van der Waals surface area contributed by atoms with E-state index in [1.54, 1.807) is 12.1 Å². The molecule has 0 unspecified atom stereocenters. The number of ether oxygens (including phenoxy) is 1. The second-order valence-electron chi connectivity index (χ2n) is 7.63. The highest BCUT2D eigenvalue weighted by molar-refractivity contribution is 5.97. The molecule has 7 heteroatoms. The number of halogens is 2. The van der Waals surface area contributed by atoms with E-state index in [2.05, 4.69) is 15.0 Å². The number of carbonyl (C=O) groups is 1. The molecule has 3 rings (SSSR count). The van der Waals surface area contributed by atoms with E-state index in [0.717, 1.165) is 25.7 Å². The zero-order valence-corrected chi connectivity index (χ0v) is 15.4. The Balaban J connectivity index is 1.64. The lowest BCUT2D eigenvalue weighted by Crippen LogP contribution is -2.41. The summed E-state index contributed by atoms with van der Waals surface area (Å²) in [5.41, 5.74) is 0.217. The fourth-order valence-electron chi connectivity index (χ4n) is 3.61. The van der Waals surface area contributed by atoms with E-state index in [0.29, 0.717) is 16.5 Å². The third kappa shape index (κ3) is 4.91. The van der Waals surface area contributed by atoms with Gasteiger partial charge in [-0.05, 0) is 63.6 Å². The lowest BCUT2D eigenvalue weighted by molar-refractivity contribution is -0.0497. The molecule has 0 atom stereocenters. The quantitative estimate of drug-likeness (QED) is 0.828. The first-order valence-corrected chi connectivity index (χ1v) is 9.10. The molecule has 0 bridgehead atoms. The van der Waals surface area contributed by atoms with Gasteiger partial charge in [-0.2, -0.15) is 8.78 Å². The Bertz CT molecular complexity index is 812. The Kier molecular flexibility index (Phi) is 5.60. The van der Waals surface area contributed by atoms with Crippen molar-refractivity contribution in [2.75, 3.05) is 0 Å². The minimum absolute atomic E-state index is 0.0331. The van der Waals surface area contributed by atoms with Gasteiger partial charge in [-0.15, -0.1) is 0 Å². The number of hydrogen-bond donors (Lipinski definition) is 2. The van der Waals surface area contributed by atoms with Crippen molar-refractivity contribution in [2.24, 2.45) is 5.92 Å². The van der Waals surface area contributed by atoms with E-state index in [1.807, 2.05) is 13.8 Å². The normalized spacial score (nSPS) is 20.7. The molecule has 1 fully saturated rings. The summed E-state index contributed by atoms with van der Waals surface area (Å²) in [6.07, 6.45) is 4.84. The molecule has 146 valence electrons. The van der Waals surface area contributed by atoms with E-state index < -0.39 is 12.2 Å². The number of alkyl halides is 2. The average molecular weight is 378 g/mol. The SMILES string of the molecule is CC(C)(O)[C@H]1CC[C@H](NC(=O)c2cnc3cc(OC(F)F)ccc3c2)CC1. The van der Waals surface area contributed by atoms with Crippen molar-refractivity contribution < 1.29 is 23.4 Å². The van der Waals surface area contributed by atoms with Gasteiger partial charge in [-0.25, -0.2) is 0 Å². The van der Waals surface area contributed by atoms with Crippen LogP contribution >= 0.6 is 0 Å². The van der Waals surface area contributed by atoms with Crippen LogP contribution in [0.25, 0.3) is 10.9 Å². The number of nitrogens with one attached hydrogen (secondary N) is 1. The van der Waals surface area contributed by atoms with Gasteiger partial charge >= 0.3 is 6.61 Å². The van der Waals surface area contributed by atoms with E-state index in [4.69, 9.17) is 0 Å². The average Bonchev–Trinajstić information content (AvgIpc) is 2.60. The number of amides is 1. The molecule has 0 aliphatic heterocycles. The van der Waals surface area contributed by atoms with Gasteiger partial charge in [0, 0.05) is 23.7 Å². The van der Waals surface area contributed by atoms with Crippen LogP contribution in [-0.4, -0.2) is 34.3 Å². The summed E-state index contributed by atoms with van der Waals surface area (Å²) >= 11 is 0. The zero-order chi connectivity index (χ0) is 19.6. The molecule has 1 saturated carbocycles. The highest BCUT2D eigenvalue weighted by Gasteiger charge is 2.31. The van der Waals surface area contributed by atoms with Crippen molar-refractivity contribution in [3.63, 3.8) is 0 Å². The van der Waals surface area contributed by atoms with Crippen molar-refractivity contribution in [3.05, 3.63) is 36.0 Å². The Hall–Kier alpha value is -2.28. The topological polar surface area (TPSA) is 71.5 Å². The van der Waals surface area contributed by atoms with Crippen molar-refractivity contribution in [3.8, 4) is 5.75 Å². The number of aliphatic hydroxyl groups is 1. The second kappa shape index (κ2) is 7.76. The number of carbonyl (C=O) groups excluding carboxylic acids is 1. The third-order valence-electron chi connectivity index (χ3n) is 5.20. The van der Waals surface area contributed by atoms with Gasteiger partial charge in [0.05, 0.1) is 16.7 Å². The minimum Gasteiger partial charge on any atom is -0.435 e. The number of rotatable bonds is 5. The molecule has 1 aliphatic carbocycles.